The SMILES string of the molecule is CNc1c(Nc2ccc(O)c(NC(C)=O)c2)nc(-c2ccc(F)cc2)nc1C(C)=N. The van der Waals surface area contributed by atoms with Gasteiger partial charge in [-0.25, -0.2) is 14.4 Å². The van der Waals surface area contributed by atoms with Crippen LogP contribution in [0.5, 0.6) is 5.75 Å². The van der Waals surface area contributed by atoms with E-state index in [2.05, 4.69) is 25.9 Å². The maximum atomic E-state index is 13.3. The Labute approximate surface area is 172 Å². The quantitative estimate of drug-likeness (QED) is 0.238. The van der Waals surface area contributed by atoms with Crippen molar-refractivity contribution in [2.24, 2.45) is 0 Å². The maximum Gasteiger partial charge on any atom is 0.221 e. The number of halogens is 1. The number of nitrogens with one attached hydrogen (secondary N) is 4. The number of nitrogens with zero attached hydrogens (tertiary/aromatic N) is 2. The molecule has 0 fully saturated rings. The molecule has 0 unspecified atom stereocenters. The van der Waals surface area contributed by atoms with Crippen LogP contribution in [0.4, 0.5) is 27.3 Å². The lowest BCUT2D eigenvalue weighted by Gasteiger charge is -2.17. The first kappa shape index (κ1) is 20.7. The number of carbonyl (C=O) groups is 1. The van der Waals surface area contributed by atoms with Gasteiger partial charge >= 0.3 is 0 Å². The van der Waals surface area contributed by atoms with Crippen molar-refractivity contribution >= 4 is 34.5 Å². The standard InChI is InChI=1S/C21H21FN6O2/c1-11(23)18-19(24-3)21(28-20(27-18)13-4-6-14(22)7-5-13)26-15-8-9-17(30)16(10-15)25-12(2)29/h4-10,23-24,30H,1-3H3,(H,25,29)(H,26,27,28). The highest BCUT2D eigenvalue weighted by Gasteiger charge is 2.17. The Kier molecular flexibility index (Phi) is 5.91. The van der Waals surface area contributed by atoms with Crippen LogP contribution < -0.4 is 16.0 Å². The number of carbonyl (C=O) groups excluding carboxylic acids is 1. The molecule has 0 bridgehead atoms. The third-order valence-electron chi connectivity index (χ3n) is 4.19. The molecule has 0 saturated heterocycles. The van der Waals surface area contributed by atoms with E-state index >= 15 is 0 Å². The first-order valence-corrected chi connectivity index (χ1v) is 9.07. The Balaban J connectivity index is 2.10. The van der Waals surface area contributed by atoms with Crippen molar-refractivity contribution in [2.45, 2.75) is 13.8 Å². The van der Waals surface area contributed by atoms with E-state index in [0.717, 1.165) is 0 Å². The lowest BCUT2D eigenvalue weighted by Crippen LogP contribution is -2.11. The summed E-state index contributed by atoms with van der Waals surface area (Å²) in [6.07, 6.45) is 0. The fraction of sp³-hybridized carbons (Fsp3) is 0.143. The van der Waals surface area contributed by atoms with Gasteiger partial charge < -0.3 is 26.5 Å². The van der Waals surface area contributed by atoms with Crippen LogP contribution in [0.2, 0.25) is 0 Å². The van der Waals surface area contributed by atoms with E-state index < -0.39 is 0 Å². The molecule has 1 heterocycles. The number of benzene rings is 2. The van der Waals surface area contributed by atoms with Gasteiger partial charge in [-0.1, -0.05) is 0 Å². The smallest absolute Gasteiger partial charge is 0.221 e. The predicted molar refractivity (Wildman–Crippen MR) is 115 cm³/mol. The number of hydrogen-bond acceptors (Lipinski definition) is 7. The van der Waals surface area contributed by atoms with E-state index in [1.165, 1.54) is 25.1 Å². The Hall–Kier alpha value is -4.01. The Morgan fingerprint density at radius 3 is 2.40 bits per heavy atom. The Morgan fingerprint density at radius 1 is 1.10 bits per heavy atom. The molecule has 0 spiro atoms. The van der Waals surface area contributed by atoms with Gasteiger partial charge in [0, 0.05) is 25.2 Å². The summed E-state index contributed by atoms with van der Waals surface area (Å²) in [5.74, 6) is -0.0649. The molecule has 0 aliphatic carbocycles. The molecular weight excluding hydrogens is 387 g/mol. The van der Waals surface area contributed by atoms with Gasteiger partial charge in [-0.2, -0.15) is 0 Å². The molecule has 0 aliphatic heterocycles. The number of anilines is 4. The molecule has 0 atom stereocenters. The van der Waals surface area contributed by atoms with Crippen molar-refractivity contribution in [1.29, 1.82) is 5.41 Å². The first-order chi connectivity index (χ1) is 14.3. The highest BCUT2D eigenvalue weighted by atomic mass is 19.1. The molecule has 2 aromatic carbocycles. The topological polar surface area (TPSA) is 123 Å². The van der Waals surface area contributed by atoms with E-state index in [1.54, 1.807) is 38.2 Å². The zero-order valence-corrected chi connectivity index (χ0v) is 16.7. The van der Waals surface area contributed by atoms with E-state index in [1.807, 2.05) is 0 Å². The normalized spacial score (nSPS) is 10.4. The summed E-state index contributed by atoms with van der Waals surface area (Å²) in [7, 11) is 1.69. The minimum absolute atomic E-state index is 0.0738. The summed E-state index contributed by atoms with van der Waals surface area (Å²) in [6, 6.07) is 10.4. The van der Waals surface area contributed by atoms with E-state index in [4.69, 9.17) is 5.41 Å². The van der Waals surface area contributed by atoms with E-state index in [0.29, 0.717) is 34.3 Å². The van der Waals surface area contributed by atoms with Crippen molar-refractivity contribution in [2.75, 3.05) is 23.0 Å². The zero-order valence-electron chi connectivity index (χ0n) is 16.7. The molecule has 154 valence electrons. The second-order valence-corrected chi connectivity index (χ2v) is 6.54. The molecule has 0 aliphatic rings. The fourth-order valence-corrected chi connectivity index (χ4v) is 2.83. The summed E-state index contributed by atoms with van der Waals surface area (Å²) in [5, 5.41) is 26.7. The third-order valence-corrected chi connectivity index (χ3v) is 4.19. The Morgan fingerprint density at radius 2 is 1.80 bits per heavy atom. The van der Waals surface area contributed by atoms with Crippen LogP contribution >= 0.6 is 0 Å². The van der Waals surface area contributed by atoms with E-state index in [-0.39, 0.29) is 28.9 Å². The number of phenolic OH excluding ortho intramolecular Hbond substituents is 1. The minimum Gasteiger partial charge on any atom is -0.506 e. The van der Waals surface area contributed by atoms with Gasteiger partial charge in [-0.3, -0.25) is 4.79 Å². The van der Waals surface area contributed by atoms with Crippen molar-refractivity contribution in [3.8, 4) is 17.1 Å². The molecule has 3 aromatic rings. The summed E-state index contributed by atoms with van der Waals surface area (Å²) in [4.78, 5) is 20.4. The molecule has 8 nitrogen and oxygen atoms in total. The predicted octanol–water partition coefficient (Wildman–Crippen LogP) is 4.12. The number of hydrogen-bond donors (Lipinski definition) is 5. The molecule has 0 radical (unpaired) electrons. The van der Waals surface area contributed by atoms with Gasteiger partial charge in [-0.15, -0.1) is 0 Å². The highest BCUT2D eigenvalue weighted by Crippen LogP contribution is 2.32. The highest BCUT2D eigenvalue weighted by molar-refractivity contribution is 6.02. The van der Waals surface area contributed by atoms with Gasteiger partial charge in [0.15, 0.2) is 11.6 Å². The van der Waals surface area contributed by atoms with Crippen LogP contribution in [-0.4, -0.2) is 33.7 Å². The van der Waals surface area contributed by atoms with Gasteiger partial charge in [0.1, 0.15) is 22.9 Å². The van der Waals surface area contributed by atoms with Crippen LogP contribution in [-0.2, 0) is 4.79 Å². The second-order valence-electron chi connectivity index (χ2n) is 6.54. The van der Waals surface area contributed by atoms with Gasteiger partial charge in [0.2, 0.25) is 5.91 Å². The van der Waals surface area contributed by atoms with Crippen molar-refractivity contribution < 1.29 is 14.3 Å². The van der Waals surface area contributed by atoms with Gasteiger partial charge in [-0.05, 0) is 49.4 Å². The van der Waals surface area contributed by atoms with Crippen LogP contribution in [0.15, 0.2) is 42.5 Å². The van der Waals surface area contributed by atoms with Crippen LogP contribution in [0.3, 0.4) is 0 Å². The summed E-state index contributed by atoms with van der Waals surface area (Å²) >= 11 is 0. The summed E-state index contributed by atoms with van der Waals surface area (Å²) in [5.41, 5.74) is 2.49. The van der Waals surface area contributed by atoms with Crippen LogP contribution in [0.1, 0.15) is 19.5 Å². The molecule has 3 rings (SSSR count). The molecule has 5 N–H and O–H groups in total. The van der Waals surface area contributed by atoms with E-state index in [9.17, 15) is 14.3 Å². The van der Waals surface area contributed by atoms with Gasteiger partial charge in [0.25, 0.3) is 0 Å². The number of phenols is 1. The first-order valence-electron chi connectivity index (χ1n) is 9.07. The van der Waals surface area contributed by atoms with Crippen molar-refractivity contribution in [3.63, 3.8) is 0 Å². The number of amides is 1. The van der Waals surface area contributed by atoms with Crippen LogP contribution in [0.25, 0.3) is 11.4 Å². The minimum atomic E-state index is -0.373. The molecule has 1 aromatic heterocycles. The molecule has 1 amide bonds. The fourth-order valence-electron chi connectivity index (χ4n) is 2.83. The van der Waals surface area contributed by atoms with Crippen molar-refractivity contribution in [3.05, 3.63) is 54.0 Å². The average molecular weight is 408 g/mol. The number of rotatable bonds is 6. The Bertz CT molecular complexity index is 1120. The maximum absolute atomic E-state index is 13.3. The largest absolute Gasteiger partial charge is 0.506 e. The summed E-state index contributed by atoms with van der Waals surface area (Å²) in [6.45, 7) is 2.95. The van der Waals surface area contributed by atoms with Crippen LogP contribution in [0, 0.1) is 11.2 Å². The lowest BCUT2D eigenvalue weighted by atomic mass is 10.1. The number of aromatic nitrogens is 2. The third kappa shape index (κ3) is 4.52. The monoisotopic (exact) mass is 408 g/mol. The average Bonchev–Trinajstić information content (AvgIpc) is 2.70. The zero-order chi connectivity index (χ0) is 21.8. The summed E-state index contributed by atoms with van der Waals surface area (Å²) < 4.78 is 13.3. The number of aromatic hydroxyl groups is 1. The molecular formula is C21H21FN6O2. The lowest BCUT2D eigenvalue weighted by molar-refractivity contribution is -0.114. The van der Waals surface area contributed by atoms with Gasteiger partial charge in [0.05, 0.1) is 11.4 Å². The molecule has 0 saturated carbocycles. The second kappa shape index (κ2) is 8.56. The molecule has 30 heavy (non-hydrogen) atoms. The van der Waals surface area contributed by atoms with Crippen molar-refractivity contribution in [1.82, 2.24) is 9.97 Å². The molecule has 9 heteroatoms.